The van der Waals surface area contributed by atoms with Gasteiger partial charge >= 0.3 is 0 Å². The smallest absolute Gasteiger partial charge is 0.253 e. The standard InChI is InChI=1S/C33H34N2O5S/c36-15-16-41-22-30-18-31(26-8-6-23(21-37)7-9-26)40-33(39-30)27-12-10-25(11-13-27)28-4-1-3-24(17-28)19-35-32(38)29-5-2-14-34-20-29/h1-14,17,20,30-31,33,36-37H,15-16,18-19,21-22H2,(H,35,38). The zero-order chi connectivity index (χ0) is 28.4. The van der Waals surface area contributed by atoms with Crippen molar-refractivity contribution >= 4 is 17.7 Å². The summed E-state index contributed by atoms with van der Waals surface area (Å²) < 4.78 is 12.8. The zero-order valence-electron chi connectivity index (χ0n) is 22.7. The molecule has 212 valence electrons. The molecule has 1 saturated heterocycles. The Morgan fingerprint density at radius 2 is 1.71 bits per heavy atom. The van der Waals surface area contributed by atoms with E-state index in [4.69, 9.17) is 9.47 Å². The van der Waals surface area contributed by atoms with Gasteiger partial charge in [-0.2, -0.15) is 11.8 Å². The first kappa shape index (κ1) is 29.0. The van der Waals surface area contributed by atoms with Crippen LogP contribution in [0.15, 0.2) is 97.3 Å². The maximum Gasteiger partial charge on any atom is 0.253 e. The number of pyridine rings is 1. The summed E-state index contributed by atoms with van der Waals surface area (Å²) in [7, 11) is 0. The Hall–Kier alpha value is -3.53. The minimum atomic E-state index is -0.519. The molecule has 1 aromatic heterocycles. The first-order valence-electron chi connectivity index (χ1n) is 13.7. The van der Waals surface area contributed by atoms with E-state index in [1.807, 2.05) is 48.5 Å². The summed E-state index contributed by atoms with van der Waals surface area (Å²) in [6, 6.07) is 27.6. The maximum atomic E-state index is 12.4. The van der Waals surface area contributed by atoms with Gasteiger partial charge in [-0.3, -0.25) is 9.78 Å². The SMILES string of the molecule is O=C(NCc1cccc(-c2ccc(C3OC(CSCCO)CC(c4ccc(CO)cc4)O3)cc2)c1)c1cccnc1. The number of nitrogens with zero attached hydrogens (tertiary/aromatic N) is 1. The second kappa shape index (κ2) is 14.4. The molecule has 1 amide bonds. The van der Waals surface area contributed by atoms with Crippen LogP contribution in [0.1, 0.15) is 51.4 Å². The molecule has 7 nitrogen and oxygen atoms in total. The summed E-state index contributed by atoms with van der Waals surface area (Å²) >= 11 is 1.67. The third-order valence-electron chi connectivity index (χ3n) is 6.97. The summed E-state index contributed by atoms with van der Waals surface area (Å²) in [4.78, 5) is 16.4. The van der Waals surface area contributed by atoms with Crippen LogP contribution in [0, 0.1) is 0 Å². The first-order valence-corrected chi connectivity index (χ1v) is 14.8. The van der Waals surface area contributed by atoms with Gasteiger partial charge in [0.05, 0.1) is 31.0 Å². The predicted molar refractivity (Wildman–Crippen MR) is 160 cm³/mol. The lowest BCUT2D eigenvalue weighted by Crippen LogP contribution is -2.31. The molecule has 3 atom stereocenters. The third-order valence-corrected chi connectivity index (χ3v) is 8.05. The number of amides is 1. The van der Waals surface area contributed by atoms with Gasteiger partial charge in [0, 0.05) is 42.4 Å². The molecule has 1 aliphatic rings. The molecule has 3 aromatic carbocycles. The van der Waals surface area contributed by atoms with Gasteiger partial charge < -0.3 is 25.0 Å². The molecule has 2 heterocycles. The molecule has 0 radical (unpaired) electrons. The second-order valence-corrected chi connectivity index (χ2v) is 11.0. The van der Waals surface area contributed by atoms with Crippen molar-refractivity contribution in [2.45, 2.75) is 38.1 Å². The van der Waals surface area contributed by atoms with E-state index < -0.39 is 6.29 Å². The number of thioether (sulfide) groups is 1. The average Bonchev–Trinajstić information content (AvgIpc) is 3.04. The number of aliphatic hydroxyl groups is 2. The van der Waals surface area contributed by atoms with Crippen LogP contribution >= 0.6 is 11.8 Å². The number of benzene rings is 3. The van der Waals surface area contributed by atoms with Crippen LogP contribution in [0.4, 0.5) is 0 Å². The molecule has 4 aromatic rings. The van der Waals surface area contributed by atoms with Crippen LogP contribution in [0.5, 0.6) is 0 Å². The van der Waals surface area contributed by atoms with E-state index in [9.17, 15) is 15.0 Å². The van der Waals surface area contributed by atoms with Gasteiger partial charge in [-0.25, -0.2) is 0 Å². The Balaban J connectivity index is 1.27. The fraction of sp³-hybridized carbons (Fsp3) is 0.273. The molecule has 1 aliphatic heterocycles. The number of aromatic nitrogens is 1. The predicted octanol–water partition coefficient (Wildman–Crippen LogP) is 5.44. The summed E-state index contributed by atoms with van der Waals surface area (Å²) in [6.07, 6.45) is 3.23. The number of hydrogen-bond donors (Lipinski definition) is 3. The van der Waals surface area contributed by atoms with Crippen molar-refractivity contribution in [1.82, 2.24) is 10.3 Å². The normalized spacial score (nSPS) is 18.6. The molecule has 8 heteroatoms. The van der Waals surface area contributed by atoms with Crippen molar-refractivity contribution in [3.8, 4) is 11.1 Å². The lowest BCUT2D eigenvalue weighted by Gasteiger charge is -2.36. The van der Waals surface area contributed by atoms with Crippen LogP contribution < -0.4 is 5.32 Å². The Bertz CT molecular complexity index is 1400. The quantitative estimate of drug-likeness (QED) is 0.206. The maximum absolute atomic E-state index is 12.4. The van der Waals surface area contributed by atoms with E-state index in [1.54, 1.807) is 36.3 Å². The van der Waals surface area contributed by atoms with Crippen LogP contribution in [-0.4, -0.2) is 45.3 Å². The van der Waals surface area contributed by atoms with Crippen molar-refractivity contribution in [1.29, 1.82) is 0 Å². The van der Waals surface area contributed by atoms with Gasteiger partial charge in [-0.15, -0.1) is 0 Å². The summed E-state index contributed by atoms with van der Waals surface area (Å²) in [6.45, 7) is 0.565. The van der Waals surface area contributed by atoms with Gasteiger partial charge in [-0.05, 0) is 46.0 Å². The highest BCUT2D eigenvalue weighted by Crippen LogP contribution is 2.39. The van der Waals surface area contributed by atoms with Crippen molar-refractivity contribution in [3.63, 3.8) is 0 Å². The molecule has 3 N–H and O–H groups in total. The Kier molecular flexibility index (Phi) is 10.2. The fourth-order valence-corrected chi connectivity index (χ4v) is 5.55. The van der Waals surface area contributed by atoms with E-state index in [0.29, 0.717) is 17.9 Å². The van der Waals surface area contributed by atoms with Crippen molar-refractivity contribution in [3.05, 3.63) is 125 Å². The second-order valence-electron chi connectivity index (χ2n) is 9.90. The molecule has 5 rings (SSSR count). The van der Waals surface area contributed by atoms with Crippen LogP contribution in [0.25, 0.3) is 11.1 Å². The molecule has 1 fully saturated rings. The van der Waals surface area contributed by atoms with E-state index in [1.165, 1.54) is 0 Å². The van der Waals surface area contributed by atoms with Crippen molar-refractivity contribution in [2.75, 3.05) is 18.1 Å². The van der Waals surface area contributed by atoms with Gasteiger partial charge in [0.25, 0.3) is 5.91 Å². The lowest BCUT2D eigenvalue weighted by molar-refractivity contribution is -0.245. The summed E-state index contributed by atoms with van der Waals surface area (Å²) in [5, 5.41) is 21.6. The molecular weight excluding hydrogens is 536 g/mol. The van der Waals surface area contributed by atoms with Crippen LogP contribution in [-0.2, 0) is 22.6 Å². The van der Waals surface area contributed by atoms with E-state index in [2.05, 4.69) is 34.6 Å². The molecular formula is C33H34N2O5S. The van der Waals surface area contributed by atoms with E-state index in [0.717, 1.165) is 45.6 Å². The fourth-order valence-electron chi connectivity index (χ4n) is 4.78. The molecule has 0 spiro atoms. The Morgan fingerprint density at radius 1 is 0.902 bits per heavy atom. The number of nitrogens with one attached hydrogen (secondary N) is 1. The van der Waals surface area contributed by atoms with Crippen molar-refractivity contribution in [2.24, 2.45) is 0 Å². The number of hydrogen-bond acceptors (Lipinski definition) is 7. The minimum Gasteiger partial charge on any atom is -0.396 e. The lowest BCUT2D eigenvalue weighted by atomic mass is 9.99. The minimum absolute atomic E-state index is 0.00720. The number of carbonyl (C=O) groups excluding carboxylic acids is 1. The number of aliphatic hydroxyl groups excluding tert-OH is 2. The van der Waals surface area contributed by atoms with Gasteiger partial charge in [0.15, 0.2) is 6.29 Å². The highest BCUT2D eigenvalue weighted by atomic mass is 32.2. The van der Waals surface area contributed by atoms with E-state index >= 15 is 0 Å². The van der Waals surface area contributed by atoms with Gasteiger partial charge in [0.2, 0.25) is 0 Å². The van der Waals surface area contributed by atoms with Crippen molar-refractivity contribution < 1.29 is 24.5 Å². The third kappa shape index (κ3) is 7.81. The summed E-state index contributed by atoms with van der Waals surface area (Å²) in [5.41, 5.74) is 6.49. The molecule has 0 saturated carbocycles. The van der Waals surface area contributed by atoms with Gasteiger partial charge in [0.1, 0.15) is 0 Å². The van der Waals surface area contributed by atoms with E-state index in [-0.39, 0.29) is 31.3 Å². The Morgan fingerprint density at radius 3 is 2.44 bits per heavy atom. The van der Waals surface area contributed by atoms with Gasteiger partial charge in [-0.1, -0.05) is 66.7 Å². The molecule has 41 heavy (non-hydrogen) atoms. The zero-order valence-corrected chi connectivity index (χ0v) is 23.5. The number of rotatable bonds is 11. The molecule has 3 unspecified atom stereocenters. The number of ether oxygens (including phenoxy) is 2. The number of carbonyl (C=O) groups is 1. The first-order chi connectivity index (χ1) is 20.1. The average molecular weight is 571 g/mol. The molecule has 0 bridgehead atoms. The summed E-state index contributed by atoms with van der Waals surface area (Å²) in [5.74, 6) is 1.28. The largest absolute Gasteiger partial charge is 0.396 e. The topological polar surface area (TPSA) is 101 Å². The Labute approximate surface area is 244 Å². The molecule has 0 aliphatic carbocycles. The highest BCUT2D eigenvalue weighted by Gasteiger charge is 2.32. The highest BCUT2D eigenvalue weighted by molar-refractivity contribution is 7.99. The van der Waals surface area contributed by atoms with Crippen LogP contribution in [0.3, 0.4) is 0 Å². The monoisotopic (exact) mass is 570 g/mol. The van der Waals surface area contributed by atoms with Crippen LogP contribution in [0.2, 0.25) is 0 Å².